The predicted octanol–water partition coefficient (Wildman–Crippen LogP) is 3.16. The molecule has 0 saturated carbocycles. The number of aliphatic hydroxyl groups excluding tert-OH is 1. The van der Waals surface area contributed by atoms with Crippen LogP contribution >= 0.6 is 0 Å². The minimum atomic E-state index is -0.249. The summed E-state index contributed by atoms with van der Waals surface area (Å²) < 4.78 is 5.19. The Morgan fingerprint density at radius 3 is 2.47 bits per heavy atom. The van der Waals surface area contributed by atoms with Crippen LogP contribution in [0.1, 0.15) is 18.9 Å². The van der Waals surface area contributed by atoms with Crippen LogP contribution in [-0.2, 0) is 11.4 Å². The molecule has 0 fully saturated rings. The molecule has 0 spiro atoms. The fraction of sp³-hybridized carbons (Fsp3) is 0.188. The number of carbonyl (C=O) groups is 1. The Bertz CT molecular complexity index is 576. The summed E-state index contributed by atoms with van der Waals surface area (Å²) in [5.74, 6) is 0.292. The summed E-state index contributed by atoms with van der Waals surface area (Å²) in [6.45, 7) is 1.77. The van der Waals surface area contributed by atoms with E-state index in [2.05, 4.69) is 0 Å². The number of hydrogen-bond donors (Lipinski definition) is 1. The Hall–Kier alpha value is -2.13. The van der Waals surface area contributed by atoms with E-state index in [4.69, 9.17) is 9.84 Å². The van der Waals surface area contributed by atoms with Crippen molar-refractivity contribution in [2.75, 3.05) is 0 Å². The van der Waals surface area contributed by atoms with Crippen molar-refractivity contribution in [3.05, 3.63) is 54.1 Å². The Balaban J connectivity index is 2.29. The topological polar surface area (TPSA) is 46.5 Å². The van der Waals surface area contributed by atoms with Crippen molar-refractivity contribution in [2.45, 2.75) is 20.0 Å². The summed E-state index contributed by atoms with van der Waals surface area (Å²) in [5.41, 5.74) is 2.80. The molecule has 0 aliphatic rings. The molecule has 3 nitrogen and oxygen atoms in total. The van der Waals surface area contributed by atoms with Crippen LogP contribution in [0.3, 0.4) is 0 Å². The van der Waals surface area contributed by atoms with E-state index in [1.54, 1.807) is 13.0 Å². The molecule has 2 aromatic rings. The van der Waals surface area contributed by atoms with Crippen molar-refractivity contribution in [3.63, 3.8) is 0 Å². The Morgan fingerprint density at radius 1 is 1.11 bits per heavy atom. The van der Waals surface area contributed by atoms with Crippen LogP contribution in [0, 0.1) is 0 Å². The number of aliphatic hydroxyl groups is 1. The number of esters is 1. The van der Waals surface area contributed by atoms with Gasteiger partial charge in [0.1, 0.15) is 5.75 Å². The number of benzene rings is 2. The molecule has 0 amide bonds. The lowest BCUT2D eigenvalue weighted by Gasteiger charge is -2.07. The van der Waals surface area contributed by atoms with E-state index in [0.717, 1.165) is 16.7 Å². The molecule has 0 aliphatic carbocycles. The van der Waals surface area contributed by atoms with Gasteiger partial charge in [0.05, 0.1) is 6.61 Å². The molecule has 2 aromatic carbocycles. The normalized spacial score (nSPS) is 10.2. The van der Waals surface area contributed by atoms with Gasteiger partial charge in [-0.05, 0) is 34.9 Å². The predicted molar refractivity (Wildman–Crippen MR) is 73.7 cm³/mol. The van der Waals surface area contributed by atoms with Gasteiger partial charge in [0, 0.05) is 6.42 Å². The third kappa shape index (κ3) is 3.42. The highest BCUT2D eigenvalue weighted by atomic mass is 16.5. The third-order valence-corrected chi connectivity index (χ3v) is 2.80. The second-order valence-electron chi connectivity index (χ2n) is 4.21. The van der Waals surface area contributed by atoms with Gasteiger partial charge < -0.3 is 9.84 Å². The van der Waals surface area contributed by atoms with Crippen LogP contribution in [0.5, 0.6) is 5.75 Å². The maximum absolute atomic E-state index is 11.3. The van der Waals surface area contributed by atoms with Gasteiger partial charge in [-0.3, -0.25) is 4.79 Å². The Morgan fingerprint density at radius 2 is 1.79 bits per heavy atom. The molecule has 0 aliphatic heterocycles. The highest BCUT2D eigenvalue weighted by Crippen LogP contribution is 2.24. The highest BCUT2D eigenvalue weighted by Gasteiger charge is 2.04. The van der Waals surface area contributed by atoms with Crippen LogP contribution in [0.15, 0.2) is 48.5 Å². The molecule has 0 bridgehead atoms. The minimum Gasteiger partial charge on any atom is -0.427 e. The molecule has 19 heavy (non-hydrogen) atoms. The third-order valence-electron chi connectivity index (χ3n) is 2.80. The average molecular weight is 256 g/mol. The first-order chi connectivity index (χ1) is 9.22. The molecule has 98 valence electrons. The molecule has 1 N–H and O–H groups in total. The summed E-state index contributed by atoms with van der Waals surface area (Å²) in [4.78, 5) is 11.3. The number of carbonyl (C=O) groups excluding carboxylic acids is 1. The lowest BCUT2D eigenvalue weighted by Crippen LogP contribution is -2.05. The molecule has 0 unspecified atom stereocenters. The second kappa shape index (κ2) is 6.16. The monoisotopic (exact) mass is 256 g/mol. The maximum Gasteiger partial charge on any atom is 0.310 e. The van der Waals surface area contributed by atoms with Crippen molar-refractivity contribution >= 4 is 5.97 Å². The van der Waals surface area contributed by atoms with E-state index in [0.29, 0.717) is 12.2 Å². The van der Waals surface area contributed by atoms with Crippen molar-refractivity contribution in [2.24, 2.45) is 0 Å². The standard InChI is InChI=1S/C16H16O3/c1-2-16(18)19-15-8-4-7-14(10-15)13-6-3-5-12(9-13)11-17/h3-10,17H,2,11H2,1H3. The van der Waals surface area contributed by atoms with Crippen molar-refractivity contribution in [1.29, 1.82) is 0 Å². The van der Waals surface area contributed by atoms with E-state index in [1.165, 1.54) is 0 Å². The van der Waals surface area contributed by atoms with Crippen LogP contribution in [-0.4, -0.2) is 11.1 Å². The van der Waals surface area contributed by atoms with Gasteiger partial charge in [0.2, 0.25) is 0 Å². The number of rotatable bonds is 4. The van der Waals surface area contributed by atoms with Crippen molar-refractivity contribution < 1.29 is 14.6 Å². The summed E-state index contributed by atoms with van der Waals surface area (Å²) >= 11 is 0. The number of hydrogen-bond acceptors (Lipinski definition) is 3. The quantitative estimate of drug-likeness (QED) is 0.675. The minimum absolute atomic E-state index is 0.0123. The van der Waals surface area contributed by atoms with Crippen LogP contribution < -0.4 is 4.74 Å². The highest BCUT2D eigenvalue weighted by molar-refractivity contribution is 5.73. The summed E-state index contributed by atoms with van der Waals surface area (Å²) in [6, 6.07) is 15.0. The van der Waals surface area contributed by atoms with E-state index in [1.807, 2.05) is 42.5 Å². The molecular formula is C16H16O3. The van der Waals surface area contributed by atoms with Gasteiger partial charge in [0.15, 0.2) is 0 Å². The largest absolute Gasteiger partial charge is 0.427 e. The zero-order valence-electron chi connectivity index (χ0n) is 10.8. The van der Waals surface area contributed by atoms with Gasteiger partial charge in [-0.15, -0.1) is 0 Å². The van der Waals surface area contributed by atoms with Gasteiger partial charge in [0.25, 0.3) is 0 Å². The van der Waals surface area contributed by atoms with E-state index < -0.39 is 0 Å². The first-order valence-electron chi connectivity index (χ1n) is 6.24. The lowest BCUT2D eigenvalue weighted by atomic mass is 10.0. The van der Waals surface area contributed by atoms with Gasteiger partial charge >= 0.3 is 5.97 Å². The molecular weight excluding hydrogens is 240 g/mol. The van der Waals surface area contributed by atoms with Crippen molar-refractivity contribution in [1.82, 2.24) is 0 Å². The maximum atomic E-state index is 11.3. The first-order valence-corrected chi connectivity index (χ1v) is 6.24. The summed E-state index contributed by atoms with van der Waals surface area (Å²) in [6.07, 6.45) is 0.351. The van der Waals surface area contributed by atoms with Crippen LogP contribution in [0.2, 0.25) is 0 Å². The van der Waals surface area contributed by atoms with E-state index in [9.17, 15) is 4.79 Å². The SMILES string of the molecule is CCC(=O)Oc1cccc(-c2cccc(CO)c2)c1. The first kappa shape index (κ1) is 13.3. The molecule has 2 rings (SSSR count). The summed E-state index contributed by atoms with van der Waals surface area (Å²) in [5, 5.41) is 9.15. The Kier molecular flexibility index (Phi) is 4.31. The van der Waals surface area contributed by atoms with Gasteiger partial charge in [-0.2, -0.15) is 0 Å². The second-order valence-corrected chi connectivity index (χ2v) is 4.21. The average Bonchev–Trinajstić information content (AvgIpc) is 2.47. The Labute approximate surface area is 112 Å². The van der Waals surface area contributed by atoms with E-state index >= 15 is 0 Å². The molecule has 0 aromatic heterocycles. The van der Waals surface area contributed by atoms with Gasteiger partial charge in [-0.25, -0.2) is 0 Å². The van der Waals surface area contributed by atoms with Crippen molar-refractivity contribution in [3.8, 4) is 16.9 Å². The smallest absolute Gasteiger partial charge is 0.310 e. The van der Waals surface area contributed by atoms with Crippen LogP contribution in [0.4, 0.5) is 0 Å². The fourth-order valence-electron chi connectivity index (χ4n) is 1.79. The molecule has 0 atom stereocenters. The fourth-order valence-corrected chi connectivity index (χ4v) is 1.79. The lowest BCUT2D eigenvalue weighted by molar-refractivity contribution is -0.134. The molecule has 0 heterocycles. The molecule has 0 saturated heterocycles. The van der Waals surface area contributed by atoms with E-state index in [-0.39, 0.29) is 12.6 Å². The van der Waals surface area contributed by atoms with Gasteiger partial charge in [-0.1, -0.05) is 37.3 Å². The zero-order valence-corrected chi connectivity index (χ0v) is 10.8. The summed E-state index contributed by atoms with van der Waals surface area (Å²) in [7, 11) is 0. The molecule has 0 radical (unpaired) electrons. The molecule has 3 heteroatoms. The number of ether oxygens (including phenoxy) is 1. The van der Waals surface area contributed by atoms with Crippen LogP contribution in [0.25, 0.3) is 11.1 Å². The zero-order chi connectivity index (χ0) is 13.7.